The fourth-order valence-corrected chi connectivity index (χ4v) is 3.56. The van der Waals surface area contributed by atoms with E-state index in [-0.39, 0.29) is 0 Å². The van der Waals surface area contributed by atoms with Crippen molar-refractivity contribution < 1.29 is 9.84 Å². The Labute approximate surface area is 148 Å². The maximum absolute atomic E-state index is 10.4. The molecule has 0 aliphatic carbocycles. The molecule has 3 nitrogen and oxygen atoms in total. The molecular weight excluding hydrogens is 310 g/mol. The van der Waals surface area contributed by atoms with E-state index in [1.165, 1.54) is 16.6 Å². The number of β-amino-alcohol motifs (C(OH)–C–C–N with tert-alkyl or cyclic N) is 1. The molecule has 0 saturated heterocycles. The molecule has 1 atom stereocenters. The van der Waals surface area contributed by atoms with Gasteiger partial charge in [0, 0.05) is 18.8 Å². The zero-order valence-electron chi connectivity index (χ0n) is 14.3. The van der Waals surface area contributed by atoms with E-state index in [4.69, 9.17) is 4.74 Å². The van der Waals surface area contributed by atoms with Crippen LogP contribution in [0.15, 0.2) is 66.7 Å². The van der Waals surface area contributed by atoms with Crippen molar-refractivity contribution in [1.29, 1.82) is 0 Å². The summed E-state index contributed by atoms with van der Waals surface area (Å²) >= 11 is 0. The summed E-state index contributed by atoms with van der Waals surface area (Å²) in [5, 5.41) is 12.8. The number of benzene rings is 3. The fraction of sp³-hybridized carbons (Fsp3) is 0.273. The second-order valence-corrected chi connectivity index (χ2v) is 6.65. The number of rotatable bonds is 5. The molecule has 128 valence electrons. The van der Waals surface area contributed by atoms with E-state index >= 15 is 0 Å². The van der Waals surface area contributed by atoms with E-state index in [0.29, 0.717) is 13.2 Å². The highest BCUT2D eigenvalue weighted by molar-refractivity contribution is 5.83. The Morgan fingerprint density at radius 3 is 2.68 bits per heavy atom. The minimum Gasteiger partial charge on any atom is -0.491 e. The van der Waals surface area contributed by atoms with Crippen LogP contribution in [0, 0.1) is 0 Å². The molecule has 3 heteroatoms. The molecule has 0 saturated carbocycles. The van der Waals surface area contributed by atoms with E-state index in [0.717, 1.165) is 30.5 Å². The van der Waals surface area contributed by atoms with Crippen molar-refractivity contribution in [2.75, 3.05) is 24.6 Å². The minimum absolute atomic E-state index is 0.303. The number of hydrogen-bond acceptors (Lipinski definition) is 3. The summed E-state index contributed by atoms with van der Waals surface area (Å²) in [5.74, 6) is 0.803. The van der Waals surface area contributed by atoms with Crippen molar-refractivity contribution in [2.45, 2.75) is 18.9 Å². The maximum Gasteiger partial charge on any atom is 0.120 e. The molecule has 1 aliphatic rings. The molecule has 1 heterocycles. The van der Waals surface area contributed by atoms with Gasteiger partial charge in [-0.3, -0.25) is 0 Å². The smallest absolute Gasteiger partial charge is 0.120 e. The zero-order chi connectivity index (χ0) is 17.1. The van der Waals surface area contributed by atoms with Gasteiger partial charge in [0.25, 0.3) is 0 Å². The Morgan fingerprint density at radius 2 is 1.76 bits per heavy atom. The molecule has 4 rings (SSSR count). The van der Waals surface area contributed by atoms with E-state index in [1.54, 1.807) is 0 Å². The number of para-hydroxylation sites is 1. The molecule has 0 amide bonds. The Morgan fingerprint density at radius 1 is 0.960 bits per heavy atom. The Kier molecular flexibility index (Phi) is 4.57. The van der Waals surface area contributed by atoms with Gasteiger partial charge in [-0.2, -0.15) is 0 Å². The van der Waals surface area contributed by atoms with E-state index < -0.39 is 6.10 Å². The average Bonchev–Trinajstić information content (AvgIpc) is 2.66. The molecule has 0 unspecified atom stereocenters. The molecule has 0 bridgehead atoms. The minimum atomic E-state index is -0.516. The van der Waals surface area contributed by atoms with Gasteiger partial charge in [-0.1, -0.05) is 48.5 Å². The Bertz CT molecular complexity index is 861. The highest BCUT2D eigenvalue weighted by Crippen LogP contribution is 2.27. The lowest BCUT2D eigenvalue weighted by Gasteiger charge is -2.32. The van der Waals surface area contributed by atoms with Crippen LogP contribution in [0.1, 0.15) is 12.0 Å². The first-order valence-corrected chi connectivity index (χ1v) is 8.92. The molecule has 0 radical (unpaired) electrons. The molecule has 0 spiro atoms. The highest BCUT2D eigenvalue weighted by atomic mass is 16.5. The molecule has 1 aliphatic heterocycles. The van der Waals surface area contributed by atoms with E-state index in [2.05, 4.69) is 47.4 Å². The number of fused-ring (bicyclic) bond motifs is 2. The lowest BCUT2D eigenvalue weighted by Crippen LogP contribution is -2.38. The largest absolute Gasteiger partial charge is 0.491 e. The molecule has 3 aromatic rings. The first kappa shape index (κ1) is 16.0. The summed E-state index contributed by atoms with van der Waals surface area (Å²) in [4.78, 5) is 2.27. The van der Waals surface area contributed by atoms with Gasteiger partial charge >= 0.3 is 0 Å². The van der Waals surface area contributed by atoms with Crippen molar-refractivity contribution in [2.24, 2.45) is 0 Å². The summed E-state index contributed by atoms with van der Waals surface area (Å²) < 4.78 is 5.83. The van der Waals surface area contributed by atoms with Gasteiger partial charge in [-0.25, -0.2) is 0 Å². The van der Waals surface area contributed by atoms with Crippen LogP contribution < -0.4 is 9.64 Å². The Balaban J connectivity index is 1.38. The lowest BCUT2D eigenvalue weighted by atomic mass is 10.0. The average molecular weight is 333 g/mol. The first-order valence-electron chi connectivity index (χ1n) is 8.92. The van der Waals surface area contributed by atoms with Gasteiger partial charge in [-0.15, -0.1) is 0 Å². The maximum atomic E-state index is 10.4. The number of nitrogens with zero attached hydrogens (tertiary/aromatic N) is 1. The van der Waals surface area contributed by atoms with Crippen molar-refractivity contribution in [3.63, 3.8) is 0 Å². The van der Waals surface area contributed by atoms with Gasteiger partial charge in [0.15, 0.2) is 0 Å². The summed E-state index contributed by atoms with van der Waals surface area (Å²) in [6.07, 6.45) is 1.74. The molecule has 3 aromatic carbocycles. The number of hydrogen-bond donors (Lipinski definition) is 1. The van der Waals surface area contributed by atoms with Crippen LogP contribution in [0.3, 0.4) is 0 Å². The standard InChI is InChI=1S/C22H23NO2/c24-20(15-23-13-5-9-18-7-3-4-10-22(18)23)16-25-21-12-11-17-6-1-2-8-19(17)14-21/h1-4,6-8,10-12,14,20,24H,5,9,13,15-16H2/t20-/m1/s1. The van der Waals surface area contributed by atoms with Gasteiger partial charge < -0.3 is 14.7 Å². The SMILES string of the molecule is O[C@@H](COc1ccc2ccccc2c1)CN1CCCc2ccccc21. The van der Waals surface area contributed by atoms with E-state index in [1.807, 2.05) is 24.3 Å². The van der Waals surface area contributed by atoms with Crippen LogP contribution in [-0.4, -0.2) is 30.9 Å². The molecule has 1 N–H and O–H groups in total. The van der Waals surface area contributed by atoms with Gasteiger partial charge in [-0.05, 0) is 47.4 Å². The topological polar surface area (TPSA) is 32.7 Å². The van der Waals surface area contributed by atoms with Gasteiger partial charge in [0.05, 0.1) is 0 Å². The van der Waals surface area contributed by atoms with Crippen molar-refractivity contribution in [3.05, 3.63) is 72.3 Å². The second-order valence-electron chi connectivity index (χ2n) is 6.65. The molecule has 0 aromatic heterocycles. The van der Waals surface area contributed by atoms with Crippen LogP contribution in [0.2, 0.25) is 0 Å². The molecule has 0 fully saturated rings. The van der Waals surface area contributed by atoms with Gasteiger partial charge in [0.1, 0.15) is 18.5 Å². The summed E-state index contributed by atoms with van der Waals surface area (Å²) in [6, 6.07) is 22.7. The fourth-order valence-electron chi connectivity index (χ4n) is 3.56. The first-order chi connectivity index (χ1) is 12.3. The number of aliphatic hydroxyl groups excluding tert-OH is 1. The lowest BCUT2D eigenvalue weighted by molar-refractivity contribution is 0.112. The normalized spacial score (nSPS) is 15.0. The van der Waals surface area contributed by atoms with Crippen LogP contribution in [0.4, 0.5) is 5.69 Å². The van der Waals surface area contributed by atoms with Crippen LogP contribution in [0.25, 0.3) is 10.8 Å². The van der Waals surface area contributed by atoms with Crippen molar-refractivity contribution >= 4 is 16.5 Å². The summed E-state index contributed by atoms with van der Waals surface area (Å²) in [5.41, 5.74) is 2.62. The van der Waals surface area contributed by atoms with Crippen molar-refractivity contribution in [1.82, 2.24) is 0 Å². The van der Waals surface area contributed by atoms with E-state index in [9.17, 15) is 5.11 Å². The summed E-state index contributed by atoms with van der Waals surface area (Å²) in [6.45, 7) is 1.89. The van der Waals surface area contributed by atoms with Crippen LogP contribution >= 0.6 is 0 Å². The predicted octanol–water partition coefficient (Wildman–Crippen LogP) is 4.03. The predicted molar refractivity (Wildman–Crippen MR) is 102 cm³/mol. The van der Waals surface area contributed by atoms with Crippen molar-refractivity contribution in [3.8, 4) is 5.75 Å². The molecular formula is C22H23NO2. The monoisotopic (exact) mass is 333 g/mol. The quantitative estimate of drug-likeness (QED) is 0.765. The van der Waals surface area contributed by atoms with Gasteiger partial charge in [0.2, 0.25) is 0 Å². The third-order valence-corrected chi connectivity index (χ3v) is 4.80. The summed E-state index contributed by atoms with van der Waals surface area (Å²) in [7, 11) is 0. The third-order valence-electron chi connectivity index (χ3n) is 4.80. The van der Waals surface area contributed by atoms with Crippen LogP contribution in [-0.2, 0) is 6.42 Å². The Hall–Kier alpha value is -2.52. The number of aliphatic hydroxyl groups is 1. The third kappa shape index (κ3) is 3.62. The zero-order valence-corrected chi connectivity index (χ0v) is 14.3. The number of aryl methyl sites for hydroxylation is 1. The van der Waals surface area contributed by atoms with Crippen LogP contribution in [0.5, 0.6) is 5.75 Å². The highest BCUT2D eigenvalue weighted by Gasteiger charge is 2.19. The second kappa shape index (κ2) is 7.16. The molecule has 25 heavy (non-hydrogen) atoms. The number of ether oxygens (including phenoxy) is 1. The number of anilines is 1.